The lowest BCUT2D eigenvalue weighted by Crippen LogP contribution is -2.24. The van der Waals surface area contributed by atoms with Crippen molar-refractivity contribution < 1.29 is 14.3 Å². The molecule has 0 fully saturated rings. The number of hydrogen-bond donors (Lipinski definition) is 0. The molecule has 0 radical (unpaired) electrons. The highest BCUT2D eigenvalue weighted by molar-refractivity contribution is 5.81. The molecule has 1 aliphatic heterocycles. The van der Waals surface area contributed by atoms with E-state index in [4.69, 9.17) is 9.47 Å². The zero-order chi connectivity index (χ0) is 10.8. The molecule has 2 rings (SSSR count). The van der Waals surface area contributed by atoms with E-state index in [2.05, 4.69) is 6.58 Å². The molecule has 3 nitrogen and oxygen atoms in total. The van der Waals surface area contributed by atoms with E-state index in [1.165, 1.54) is 7.11 Å². The summed E-state index contributed by atoms with van der Waals surface area (Å²) >= 11 is 0. The third kappa shape index (κ3) is 1.50. The number of methoxy groups -OCH3 is 1. The number of para-hydroxylation sites is 1. The minimum atomic E-state index is -0.385. The standard InChI is InChI=1S/C12H12O3/c1-3-9-11(12(13)14-2)8-6-4-5-7-10(8)15-9/h3-7,9,11H,1H2,2H3/t9-,11+/m1/s1. The highest BCUT2D eigenvalue weighted by atomic mass is 16.5. The summed E-state index contributed by atoms with van der Waals surface area (Å²) in [5, 5.41) is 0. The van der Waals surface area contributed by atoms with Gasteiger partial charge in [0.15, 0.2) is 0 Å². The molecule has 1 aromatic rings. The Hall–Kier alpha value is -1.77. The van der Waals surface area contributed by atoms with Crippen molar-refractivity contribution in [2.45, 2.75) is 12.0 Å². The third-order valence-electron chi connectivity index (χ3n) is 2.53. The van der Waals surface area contributed by atoms with E-state index in [0.29, 0.717) is 0 Å². The molecular weight excluding hydrogens is 192 g/mol. The molecular formula is C12H12O3. The summed E-state index contributed by atoms with van der Waals surface area (Å²) in [6.45, 7) is 3.66. The van der Waals surface area contributed by atoms with Crippen LogP contribution in [0.2, 0.25) is 0 Å². The second kappa shape index (κ2) is 3.77. The van der Waals surface area contributed by atoms with Crippen LogP contribution in [-0.2, 0) is 9.53 Å². The van der Waals surface area contributed by atoms with Gasteiger partial charge in [-0.2, -0.15) is 0 Å². The maximum absolute atomic E-state index is 11.6. The predicted octanol–water partition coefficient (Wildman–Crippen LogP) is 1.89. The van der Waals surface area contributed by atoms with Crippen LogP contribution in [0.3, 0.4) is 0 Å². The van der Waals surface area contributed by atoms with Crippen molar-refractivity contribution in [1.29, 1.82) is 0 Å². The quantitative estimate of drug-likeness (QED) is 0.545. The fraction of sp³-hybridized carbons (Fsp3) is 0.250. The van der Waals surface area contributed by atoms with E-state index in [-0.39, 0.29) is 18.0 Å². The largest absolute Gasteiger partial charge is 0.485 e. The molecule has 78 valence electrons. The molecule has 0 aromatic heterocycles. The van der Waals surface area contributed by atoms with E-state index < -0.39 is 0 Å². The van der Waals surface area contributed by atoms with Crippen LogP contribution in [0, 0.1) is 0 Å². The first-order valence-electron chi connectivity index (χ1n) is 4.74. The van der Waals surface area contributed by atoms with Gasteiger partial charge in [0, 0.05) is 5.56 Å². The first-order valence-corrected chi connectivity index (χ1v) is 4.74. The maximum Gasteiger partial charge on any atom is 0.317 e. The summed E-state index contributed by atoms with van der Waals surface area (Å²) in [5.41, 5.74) is 0.870. The van der Waals surface area contributed by atoms with Gasteiger partial charge in [0.25, 0.3) is 0 Å². The van der Waals surface area contributed by atoms with Gasteiger partial charge in [-0.15, -0.1) is 0 Å². The zero-order valence-electron chi connectivity index (χ0n) is 8.47. The average molecular weight is 204 g/mol. The van der Waals surface area contributed by atoms with Gasteiger partial charge in [-0.25, -0.2) is 0 Å². The zero-order valence-corrected chi connectivity index (χ0v) is 8.47. The van der Waals surface area contributed by atoms with Gasteiger partial charge >= 0.3 is 5.97 Å². The first kappa shape index (κ1) is 9.77. The van der Waals surface area contributed by atoms with E-state index >= 15 is 0 Å². The Labute approximate surface area is 88.3 Å². The van der Waals surface area contributed by atoms with Gasteiger partial charge in [0.05, 0.1) is 7.11 Å². The number of ether oxygens (including phenoxy) is 2. The van der Waals surface area contributed by atoms with E-state index in [1.807, 2.05) is 24.3 Å². The molecule has 1 heterocycles. The van der Waals surface area contributed by atoms with Gasteiger partial charge in [0.2, 0.25) is 0 Å². The first-order chi connectivity index (χ1) is 7.27. The van der Waals surface area contributed by atoms with Crippen LogP contribution >= 0.6 is 0 Å². The molecule has 0 amide bonds. The van der Waals surface area contributed by atoms with Gasteiger partial charge in [-0.3, -0.25) is 4.79 Å². The number of fused-ring (bicyclic) bond motifs is 1. The van der Waals surface area contributed by atoms with Gasteiger partial charge in [-0.1, -0.05) is 30.9 Å². The van der Waals surface area contributed by atoms with Crippen LogP contribution in [0.5, 0.6) is 5.75 Å². The van der Waals surface area contributed by atoms with E-state index in [1.54, 1.807) is 6.08 Å². The fourth-order valence-corrected chi connectivity index (χ4v) is 1.81. The molecule has 0 unspecified atom stereocenters. The lowest BCUT2D eigenvalue weighted by atomic mass is 9.96. The predicted molar refractivity (Wildman–Crippen MR) is 55.8 cm³/mol. The Balaban J connectivity index is 2.42. The van der Waals surface area contributed by atoms with Gasteiger partial charge in [-0.05, 0) is 6.07 Å². The van der Waals surface area contributed by atoms with Gasteiger partial charge in [0.1, 0.15) is 17.8 Å². The Bertz CT molecular complexity index is 398. The lowest BCUT2D eigenvalue weighted by Gasteiger charge is -2.12. The van der Waals surface area contributed by atoms with Crippen LogP contribution in [-0.4, -0.2) is 19.2 Å². The summed E-state index contributed by atoms with van der Waals surface area (Å²) in [7, 11) is 1.38. The molecule has 1 aliphatic rings. The average Bonchev–Trinajstić information content (AvgIpc) is 2.66. The normalized spacial score (nSPS) is 22.7. The monoisotopic (exact) mass is 204 g/mol. The number of rotatable bonds is 2. The summed E-state index contributed by atoms with van der Waals surface area (Å²) in [6.07, 6.45) is 1.30. The smallest absolute Gasteiger partial charge is 0.317 e. The summed E-state index contributed by atoms with van der Waals surface area (Å²) in [6, 6.07) is 7.47. The molecule has 1 aromatic carbocycles. The fourth-order valence-electron chi connectivity index (χ4n) is 1.81. The number of carbonyl (C=O) groups is 1. The van der Waals surface area contributed by atoms with E-state index in [9.17, 15) is 4.79 Å². The van der Waals surface area contributed by atoms with Crippen LogP contribution in [0.15, 0.2) is 36.9 Å². The number of carbonyl (C=O) groups excluding carboxylic acids is 1. The van der Waals surface area contributed by atoms with Crippen molar-refractivity contribution in [1.82, 2.24) is 0 Å². The number of benzene rings is 1. The van der Waals surface area contributed by atoms with Crippen molar-refractivity contribution in [3.05, 3.63) is 42.5 Å². The topological polar surface area (TPSA) is 35.5 Å². The Morgan fingerprint density at radius 3 is 2.93 bits per heavy atom. The second-order valence-electron chi connectivity index (χ2n) is 3.36. The van der Waals surface area contributed by atoms with Crippen molar-refractivity contribution in [3.8, 4) is 5.75 Å². The molecule has 0 aliphatic carbocycles. The van der Waals surface area contributed by atoms with Crippen molar-refractivity contribution in [2.24, 2.45) is 0 Å². The molecule has 2 atom stereocenters. The Morgan fingerprint density at radius 1 is 1.53 bits per heavy atom. The number of hydrogen-bond acceptors (Lipinski definition) is 3. The summed E-state index contributed by atoms with van der Waals surface area (Å²) < 4.78 is 10.3. The third-order valence-corrected chi connectivity index (χ3v) is 2.53. The Morgan fingerprint density at radius 2 is 2.27 bits per heavy atom. The number of esters is 1. The molecule has 0 N–H and O–H groups in total. The van der Waals surface area contributed by atoms with Crippen molar-refractivity contribution >= 4 is 5.97 Å². The van der Waals surface area contributed by atoms with Crippen molar-refractivity contribution in [3.63, 3.8) is 0 Å². The SMILES string of the molecule is C=C[C@H]1Oc2ccccc2[C@@H]1C(=O)OC. The summed E-state index contributed by atoms with van der Waals surface area (Å²) in [4.78, 5) is 11.6. The van der Waals surface area contributed by atoms with Crippen LogP contribution in [0.4, 0.5) is 0 Å². The maximum atomic E-state index is 11.6. The highest BCUT2D eigenvalue weighted by Crippen LogP contribution is 2.38. The van der Waals surface area contributed by atoms with Crippen LogP contribution < -0.4 is 4.74 Å². The highest BCUT2D eigenvalue weighted by Gasteiger charge is 2.38. The van der Waals surface area contributed by atoms with Crippen molar-refractivity contribution in [2.75, 3.05) is 7.11 Å². The Kier molecular flexibility index (Phi) is 2.46. The molecule has 0 spiro atoms. The molecule has 15 heavy (non-hydrogen) atoms. The van der Waals surface area contributed by atoms with Crippen LogP contribution in [0.25, 0.3) is 0 Å². The second-order valence-corrected chi connectivity index (χ2v) is 3.36. The molecule has 0 bridgehead atoms. The minimum absolute atomic E-state index is 0.287. The van der Waals surface area contributed by atoms with Crippen LogP contribution in [0.1, 0.15) is 11.5 Å². The minimum Gasteiger partial charge on any atom is -0.485 e. The molecule has 0 saturated heterocycles. The van der Waals surface area contributed by atoms with E-state index in [0.717, 1.165) is 11.3 Å². The van der Waals surface area contributed by atoms with Gasteiger partial charge < -0.3 is 9.47 Å². The summed E-state index contributed by atoms with van der Waals surface area (Å²) in [5.74, 6) is 0.0614. The molecule has 3 heteroatoms. The molecule has 0 saturated carbocycles. The lowest BCUT2D eigenvalue weighted by molar-refractivity contribution is -0.143.